The van der Waals surface area contributed by atoms with Crippen molar-refractivity contribution >= 4 is 68.6 Å². The monoisotopic (exact) mass is 1090 g/mol. The summed E-state index contributed by atoms with van der Waals surface area (Å²) >= 11 is 0. The Morgan fingerprint density at radius 1 is 0.373 bits per heavy atom. The minimum atomic E-state index is -0.182. The van der Waals surface area contributed by atoms with Crippen molar-refractivity contribution < 1.29 is 0 Å². The molecule has 5 aliphatic rings. The average molecular weight is 1090 g/mol. The maximum atomic E-state index is 2.85. The molecule has 13 rings (SSSR count). The smallest absolute Gasteiger partial charge is 0.252 e. The van der Waals surface area contributed by atoms with Gasteiger partial charge in [0.05, 0.1) is 11.4 Å². The molecule has 0 bridgehead atoms. The molecule has 0 saturated heterocycles. The zero-order valence-electron chi connectivity index (χ0n) is 53.3. The quantitative estimate of drug-likeness (QED) is 0.159. The number of hydrogen-bond donors (Lipinski definition) is 0. The van der Waals surface area contributed by atoms with Crippen molar-refractivity contribution in [3.8, 4) is 22.3 Å². The third-order valence-corrected chi connectivity index (χ3v) is 22.0. The van der Waals surface area contributed by atoms with Gasteiger partial charge in [-0.1, -0.05) is 221 Å². The van der Waals surface area contributed by atoms with Crippen LogP contribution >= 0.6 is 0 Å². The number of hydrogen-bond acceptors (Lipinski definition) is 3. The summed E-state index contributed by atoms with van der Waals surface area (Å²) in [5.74, 6) is 0. The van der Waals surface area contributed by atoms with Gasteiger partial charge >= 0.3 is 0 Å². The molecular weight excluding hydrogens is 1000 g/mol. The van der Waals surface area contributed by atoms with Gasteiger partial charge in [0.15, 0.2) is 0 Å². The molecule has 1 saturated carbocycles. The first-order valence-electron chi connectivity index (χ1n) is 31.5. The highest BCUT2D eigenvalue weighted by Crippen LogP contribution is 2.65. The second-order valence-electron chi connectivity index (χ2n) is 31.2. The summed E-state index contributed by atoms with van der Waals surface area (Å²) in [7, 11) is 0. The fourth-order valence-electron chi connectivity index (χ4n) is 16.3. The summed E-state index contributed by atoms with van der Waals surface area (Å²) in [4.78, 5) is 8.31. The number of para-hydroxylation sites is 1. The molecule has 2 unspecified atom stereocenters. The van der Waals surface area contributed by atoms with Crippen LogP contribution in [0.4, 0.5) is 45.5 Å². The van der Waals surface area contributed by atoms with Gasteiger partial charge in [0.25, 0.3) is 6.71 Å². The largest absolute Gasteiger partial charge is 0.335 e. The Bertz CT molecular complexity index is 3900. The summed E-state index contributed by atoms with van der Waals surface area (Å²) in [6, 6.07) is 65.1. The summed E-state index contributed by atoms with van der Waals surface area (Å²) in [6.07, 6.45) is 7.12. The first-order chi connectivity index (χ1) is 39.0. The summed E-state index contributed by atoms with van der Waals surface area (Å²) in [5, 5.41) is 0. The SMILES string of the molecule is CC(C)(C)c1ccc(N2c3ccc(N4c5ccccc5C(C)(C)C5(C)CCCCC45C)cc3B3c4cc5c(cc4N(c4ccc(C(C)(C)C)cc4-c4ccccc4)c4cc(C(C)(C)C)cc2c43)C(C)(C)CCC5(C)C)c(-c2ccccc2)c1. The lowest BCUT2D eigenvalue weighted by Gasteiger charge is -2.66. The van der Waals surface area contributed by atoms with Crippen molar-refractivity contribution in [3.63, 3.8) is 0 Å². The molecule has 3 heterocycles. The van der Waals surface area contributed by atoms with Crippen LogP contribution in [0.2, 0.25) is 0 Å². The second kappa shape index (κ2) is 18.6. The molecular formula is C79H90BN3. The van der Waals surface area contributed by atoms with Crippen LogP contribution < -0.4 is 31.1 Å². The maximum absolute atomic E-state index is 2.85. The Labute approximate surface area is 499 Å². The molecule has 4 heteroatoms. The van der Waals surface area contributed by atoms with Crippen LogP contribution in [0.1, 0.15) is 190 Å². The Morgan fingerprint density at radius 2 is 0.843 bits per heavy atom. The first-order valence-corrected chi connectivity index (χ1v) is 31.5. The van der Waals surface area contributed by atoms with E-state index in [0.29, 0.717) is 0 Å². The van der Waals surface area contributed by atoms with Crippen LogP contribution in [0, 0.1) is 5.41 Å². The predicted octanol–water partition coefficient (Wildman–Crippen LogP) is 20.1. The third kappa shape index (κ3) is 8.39. The minimum absolute atomic E-state index is 0.0113. The van der Waals surface area contributed by atoms with Crippen molar-refractivity contribution in [2.45, 2.75) is 194 Å². The van der Waals surface area contributed by atoms with E-state index in [9.17, 15) is 0 Å². The van der Waals surface area contributed by atoms with Crippen molar-refractivity contribution in [1.82, 2.24) is 0 Å². The summed E-state index contributed by atoms with van der Waals surface area (Å²) in [6.45, 7) is 41.7. The summed E-state index contributed by atoms with van der Waals surface area (Å²) in [5.41, 5.74) is 27.2. The van der Waals surface area contributed by atoms with Gasteiger partial charge in [0.2, 0.25) is 0 Å². The van der Waals surface area contributed by atoms with E-state index in [1.54, 1.807) is 0 Å². The number of nitrogens with zero attached hydrogens (tertiary/aromatic N) is 3. The van der Waals surface area contributed by atoms with Crippen LogP contribution in [0.3, 0.4) is 0 Å². The lowest BCUT2D eigenvalue weighted by Crippen LogP contribution is -2.67. The molecule has 424 valence electrons. The van der Waals surface area contributed by atoms with E-state index in [-0.39, 0.29) is 50.2 Å². The van der Waals surface area contributed by atoms with E-state index in [4.69, 9.17) is 0 Å². The molecule has 3 aliphatic heterocycles. The van der Waals surface area contributed by atoms with Gasteiger partial charge in [0, 0.05) is 56.2 Å². The number of benzene rings is 8. The fraction of sp³-hybridized carbons (Fsp3) is 0.392. The third-order valence-electron chi connectivity index (χ3n) is 22.0. The lowest BCUT2D eigenvalue weighted by molar-refractivity contribution is 0.0106. The van der Waals surface area contributed by atoms with Crippen molar-refractivity contribution in [1.29, 1.82) is 0 Å². The molecule has 3 nitrogen and oxygen atoms in total. The van der Waals surface area contributed by atoms with Gasteiger partial charge < -0.3 is 14.7 Å². The van der Waals surface area contributed by atoms with E-state index in [1.807, 2.05) is 0 Å². The molecule has 8 aromatic rings. The van der Waals surface area contributed by atoms with Crippen LogP contribution in [-0.4, -0.2) is 12.3 Å². The maximum Gasteiger partial charge on any atom is 0.252 e. The molecule has 8 aromatic carbocycles. The van der Waals surface area contributed by atoms with Crippen molar-refractivity contribution in [2.75, 3.05) is 14.7 Å². The lowest BCUT2D eigenvalue weighted by atomic mass is 9.33. The Balaban J connectivity index is 1.20. The van der Waals surface area contributed by atoms with Gasteiger partial charge in [-0.2, -0.15) is 0 Å². The first kappa shape index (κ1) is 55.4. The van der Waals surface area contributed by atoms with Crippen LogP contribution in [0.25, 0.3) is 22.3 Å². The molecule has 0 spiro atoms. The molecule has 2 aliphatic carbocycles. The van der Waals surface area contributed by atoms with E-state index >= 15 is 0 Å². The van der Waals surface area contributed by atoms with E-state index in [0.717, 1.165) is 19.3 Å². The molecule has 0 aromatic heterocycles. The number of fused-ring (bicyclic) bond motifs is 7. The normalized spacial score (nSPS) is 21.1. The van der Waals surface area contributed by atoms with Gasteiger partial charge in [-0.25, -0.2) is 0 Å². The van der Waals surface area contributed by atoms with Gasteiger partial charge in [0.1, 0.15) is 0 Å². The van der Waals surface area contributed by atoms with Crippen LogP contribution in [-0.2, 0) is 32.5 Å². The van der Waals surface area contributed by atoms with E-state index in [2.05, 4.69) is 296 Å². The number of rotatable bonds is 5. The predicted molar refractivity (Wildman–Crippen MR) is 359 cm³/mol. The topological polar surface area (TPSA) is 9.72 Å². The zero-order chi connectivity index (χ0) is 58.8. The van der Waals surface area contributed by atoms with Gasteiger partial charge in [-0.3, -0.25) is 0 Å². The van der Waals surface area contributed by atoms with Crippen molar-refractivity contribution in [2.24, 2.45) is 5.41 Å². The second-order valence-corrected chi connectivity index (χ2v) is 31.2. The fourth-order valence-corrected chi connectivity index (χ4v) is 16.3. The zero-order valence-corrected chi connectivity index (χ0v) is 53.3. The minimum Gasteiger partial charge on any atom is -0.335 e. The highest BCUT2D eigenvalue weighted by molar-refractivity contribution is 7.00. The van der Waals surface area contributed by atoms with Gasteiger partial charge in [-0.15, -0.1) is 0 Å². The molecule has 2 atom stereocenters. The van der Waals surface area contributed by atoms with Crippen molar-refractivity contribution in [3.05, 3.63) is 197 Å². The Morgan fingerprint density at radius 3 is 1.39 bits per heavy atom. The van der Waals surface area contributed by atoms with Crippen LogP contribution in [0.15, 0.2) is 164 Å². The molecule has 0 amide bonds. The van der Waals surface area contributed by atoms with Crippen LogP contribution in [0.5, 0.6) is 0 Å². The highest BCUT2D eigenvalue weighted by atomic mass is 15.2. The van der Waals surface area contributed by atoms with Gasteiger partial charge in [-0.05, 0) is 193 Å². The summed E-state index contributed by atoms with van der Waals surface area (Å²) < 4.78 is 0. The Kier molecular flexibility index (Phi) is 12.4. The number of anilines is 8. The molecule has 0 radical (unpaired) electrons. The molecule has 83 heavy (non-hydrogen) atoms. The standard InChI is InChI=1S/C79H90BN3/c1-72(2,3)53-34-37-64(57(44-53)51-28-20-18-21-29-51)81-67-39-36-56(83-66-33-25-24-32-59(66)77(14,15)78(16)40-26-27-41-79(78,83)17)48-62(67)80-63-49-60-61(76(12,13)43-42-75(60,10)11)50-68(63)82(70-47-55(74(7,8)9)46-69(81)71(70)80)65-38-35-54(73(4,5)6)45-58(65)52-30-22-19-23-31-52/h18-25,28-39,44-50H,26-27,40-43H2,1-17H3. The molecule has 0 N–H and O–H groups in total. The van der Waals surface area contributed by atoms with E-state index in [1.165, 1.54) is 137 Å². The molecule has 1 fully saturated rings. The Hall–Kier alpha value is -6.78. The van der Waals surface area contributed by atoms with E-state index < -0.39 is 0 Å². The highest BCUT2D eigenvalue weighted by Gasteiger charge is 2.62. The average Bonchev–Trinajstić information content (AvgIpc) is 0.871.